The molecule has 0 spiro atoms. The summed E-state index contributed by atoms with van der Waals surface area (Å²) in [6.45, 7) is 4.19. The standard InChI is InChI=1S/C24H24N4O2S/c1-3-17-10-8-11-18(4-2)22(17)25-21(29)16-31-24-27-26-23(20-14-9-15-30-20)28(24)19-12-6-5-7-13-19/h5-15H,3-4,16H2,1-2H3,(H,25,29). The summed E-state index contributed by atoms with van der Waals surface area (Å²) >= 11 is 1.35. The van der Waals surface area contributed by atoms with Crippen molar-refractivity contribution < 1.29 is 9.21 Å². The van der Waals surface area contributed by atoms with E-state index in [1.165, 1.54) is 11.8 Å². The molecule has 0 saturated carbocycles. The Morgan fingerprint density at radius 3 is 2.35 bits per heavy atom. The summed E-state index contributed by atoms with van der Waals surface area (Å²) in [6, 6.07) is 19.6. The highest BCUT2D eigenvalue weighted by atomic mass is 32.2. The number of nitrogens with one attached hydrogen (secondary N) is 1. The van der Waals surface area contributed by atoms with Crippen molar-refractivity contribution in [3.05, 3.63) is 78.1 Å². The predicted molar refractivity (Wildman–Crippen MR) is 124 cm³/mol. The van der Waals surface area contributed by atoms with Gasteiger partial charge in [0, 0.05) is 11.4 Å². The molecule has 4 aromatic rings. The van der Waals surface area contributed by atoms with E-state index >= 15 is 0 Å². The van der Waals surface area contributed by atoms with Crippen molar-refractivity contribution in [3.63, 3.8) is 0 Å². The van der Waals surface area contributed by atoms with E-state index in [9.17, 15) is 4.79 Å². The highest BCUT2D eigenvalue weighted by Gasteiger charge is 2.19. The lowest BCUT2D eigenvalue weighted by atomic mass is 10.0. The molecule has 7 heteroatoms. The van der Waals surface area contributed by atoms with Crippen molar-refractivity contribution in [1.29, 1.82) is 0 Å². The molecule has 0 bridgehead atoms. The number of hydrogen-bond donors (Lipinski definition) is 1. The third-order valence-corrected chi connectivity index (χ3v) is 5.91. The van der Waals surface area contributed by atoms with Crippen molar-refractivity contribution in [2.75, 3.05) is 11.1 Å². The summed E-state index contributed by atoms with van der Waals surface area (Å²) in [4.78, 5) is 12.8. The summed E-state index contributed by atoms with van der Waals surface area (Å²) < 4.78 is 7.45. The Hall–Kier alpha value is -3.32. The molecule has 4 rings (SSSR count). The van der Waals surface area contributed by atoms with Gasteiger partial charge in [0.25, 0.3) is 0 Å². The normalized spacial score (nSPS) is 10.9. The number of nitrogens with zero attached hydrogens (tertiary/aromatic N) is 3. The van der Waals surface area contributed by atoms with E-state index in [0.29, 0.717) is 16.7 Å². The maximum Gasteiger partial charge on any atom is 0.234 e. The molecule has 0 aliphatic rings. The molecule has 158 valence electrons. The van der Waals surface area contributed by atoms with Crippen LogP contribution in [0.2, 0.25) is 0 Å². The van der Waals surface area contributed by atoms with Crippen molar-refractivity contribution in [3.8, 4) is 17.3 Å². The van der Waals surface area contributed by atoms with Crippen LogP contribution in [0.5, 0.6) is 0 Å². The first-order valence-corrected chi connectivity index (χ1v) is 11.3. The number of carbonyl (C=O) groups is 1. The number of furan rings is 1. The summed E-state index contributed by atoms with van der Waals surface area (Å²) in [5.41, 5.74) is 4.13. The highest BCUT2D eigenvalue weighted by Crippen LogP contribution is 2.29. The fraction of sp³-hybridized carbons (Fsp3) is 0.208. The number of rotatable bonds is 8. The number of benzene rings is 2. The molecule has 0 aliphatic heterocycles. The lowest BCUT2D eigenvalue weighted by molar-refractivity contribution is -0.113. The molecule has 0 aliphatic carbocycles. The van der Waals surface area contributed by atoms with Crippen LogP contribution < -0.4 is 5.32 Å². The van der Waals surface area contributed by atoms with Crippen LogP contribution in [0.1, 0.15) is 25.0 Å². The Labute approximate surface area is 185 Å². The van der Waals surface area contributed by atoms with Gasteiger partial charge in [-0.25, -0.2) is 0 Å². The molecule has 2 heterocycles. The average Bonchev–Trinajstić information content (AvgIpc) is 3.48. The number of anilines is 1. The zero-order chi connectivity index (χ0) is 21.6. The third-order valence-electron chi connectivity index (χ3n) is 4.98. The van der Waals surface area contributed by atoms with Crippen molar-refractivity contribution in [2.45, 2.75) is 31.8 Å². The first-order chi connectivity index (χ1) is 15.2. The smallest absolute Gasteiger partial charge is 0.234 e. The second-order valence-corrected chi connectivity index (χ2v) is 7.89. The number of aryl methyl sites for hydroxylation is 2. The number of thioether (sulfide) groups is 1. The molecule has 2 aromatic carbocycles. The van der Waals surface area contributed by atoms with Gasteiger partial charge in [-0.15, -0.1) is 10.2 Å². The summed E-state index contributed by atoms with van der Waals surface area (Å²) in [5.74, 6) is 1.38. The van der Waals surface area contributed by atoms with Gasteiger partial charge in [0.2, 0.25) is 11.7 Å². The van der Waals surface area contributed by atoms with Crippen molar-refractivity contribution in [1.82, 2.24) is 14.8 Å². The van der Waals surface area contributed by atoms with Gasteiger partial charge in [-0.3, -0.25) is 9.36 Å². The second kappa shape index (κ2) is 9.66. The molecule has 0 radical (unpaired) electrons. The molecular weight excluding hydrogens is 408 g/mol. The van der Waals surface area contributed by atoms with Gasteiger partial charge in [0.05, 0.1) is 12.0 Å². The van der Waals surface area contributed by atoms with Gasteiger partial charge in [0.15, 0.2) is 10.9 Å². The predicted octanol–water partition coefficient (Wildman–Crippen LogP) is 5.38. The Kier molecular flexibility index (Phi) is 6.52. The van der Waals surface area contributed by atoms with Gasteiger partial charge in [0.1, 0.15) is 0 Å². The number of hydrogen-bond acceptors (Lipinski definition) is 5. The largest absolute Gasteiger partial charge is 0.461 e. The SMILES string of the molecule is CCc1cccc(CC)c1NC(=O)CSc1nnc(-c2ccco2)n1-c1ccccc1. The Morgan fingerprint density at radius 1 is 0.968 bits per heavy atom. The van der Waals surface area contributed by atoms with Gasteiger partial charge < -0.3 is 9.73 Å². The van der Waals surface area contributed by atoms with E-state index in [1.54, 1.807) is 6.26 Å². The first-order valence-electron chi connectivity index (χ1n) is 10.3. The van der Waals surface area contributed by atoms with E-state index in [-0.39, 0.29) is 11.7 Å². The monoisotopic (exact) mass is 432 g/mol. The van der Waals surface area contributed by atoms with Crippen LogP contribution in [-0.2, 0) is 17.6 Å². The van der Waals surface area contributed by atoms with Crippen LogP contribution in [0, 0.1) is 0 Å². The molecule has 2 aromatic heterocycles. The fourth-order valence-corrected chi connectivity index (χ4v) is 4.20. The first kappa shape index (κ1) is 20.9. The van der Waals surface area contributed by atoms with Gasteiger partial charge in [-0.2, -0.15) is 0 Å². The minimum Gasteiger partial charge on any atom is -0.461 e. The third kappa shape index (κ3) is 4.56. The van der Waals surface area contributed by atoms with Gasteiger partial charge >= 0.3 is 0 Å². The summed E-state index contributed by atoms with van der Waals surface area (Å²) in [6.07, 6.45) is 3.34. The van der Waals surface area contributed by atoms with E-state index in [4.69, 9.17) is 4.42 Å². The number of carbonyl (C=O) groups excluding carboxylic acids is 1. The van der Waals surface area contributed by atoms with E-state index in [2.05, 4.69) is 41.5 Å². The zero-order valence-corrected chi connectivity index (χ0v) is 18.4. The molecule has 1 N–H and O–H groups in total. The number of aromatic nitrogens is 3. The Bertz CT molecular complexity index is 1130. The minimum absolute atomic E-state index is 0.0669. The Morgan fingerprint density at radius 2 is 1.71 bits per heavy atom. The molecular formula is C24H24N4O2S. The van der Waals surface area contributed by atoms with Crippen molar-refractivity contribution >= 4 is 23.4 Å². The van der Waals surface area contributed by atoms with Gasteiger partial charge in [-0.1, -0.05) is 62.0 Å². The fourth-order valence-electron chi connectivity index (χ4n) is 3.45. The topological polar surface area (TPSA) is 73.0 Å². The second-order valence-electron chi connectivity index (χ2n) is 6.95. The molecule has 0 fully saturated rings. The zero-order valence-electron chi connectivity index (χ0n) is 17.5. The molecule has 1 amide bonds. The van der Waals surface area contributed by atoms with Crippen LogP contribution in [0.25, 0.3) is 17.3 Å². The Balaban J connectivity index is 1.56. The summed E-state index contributed by atoms with van der Waals surface area (Å²) in [5, 5.41) is 12.4. The number of amides is 1. The number of para-hydroxylation sites is 2. The van der Waals surface area contributed by atoms with Gasteiger partial charge in [-0.05, 0) is 48.2 Å². The summed E-state index contributed by atoms with van der Waals surface area (Å²) in [7, 11) is 0. The maximum atomic E-state index is 12.8. The molecule has 0 saturated heterocycles. The molecule has 0 unspecified atom stereocenters. The van der Waals surface area contributed by atoms with E-state index < -0.39 is 0 Å². The maximum absolute atomic E-state index is 12.8. The minimum atomic E-state index is -0.0669. The highest BCUT2D eigenvalue weighted by molar-refractivity contribution is 7.99. The van der Waals surface area contributed by atoms with Crippen LogP contribution in [-0.4, -0.2) is 26.4 Å². The van der Waals surface area contributed by atoms with Crippen molar-refractivity contribution in [2.24, 2.45) is 0 Å². The van der Waals surface area contributed by atoms with Crippen LogP contribution in [0.4, 0.5) is 5.69 Å². The van der Waals surface area contributed by atoms with E-state index in [1.807, 2.05) is 53.1 Å². The van der Waals surface area contributed by atoms with Crippen LogP contribution >= 0.6 is 11.8 Å². The molecule has 6 nitrogen and oxygen atoms in total. The van der Waals surface area contributed by atoms with Crippen LogP contribution in [0.3, 0.4) is 0 Å². The average molecular weight is 433 g/mol. The quantitative estimate of drug-likeness (QED) is 0.378. The molecule has 0 atom stereocenters. The lowest BCUT2D eigenvalue weighted by Crippen LogP contribution is -2.17. The van der Waals surface area contributed by atoms with E-state index in [0.717, 1.165) is 35.3 Å². The van der Waals surface area contributed by atoms with Crippen LogP contribution in [0.15, 0.2) is 76.5 Å². The molecule has 31 heavy (non-hydrogen) atoms. The lowest BCUT2D eigenvalue weighted by Gasteiger charge is -2.14.